The summed E-state index contributed by atoms with van der Waals surface area (Å²) in [5.41, 5.74) is 4.34. The van der Waals surface area contributed by atoms with Crippen molar-refractivity contribution in [3.05, 3.63) is 41.1 Å². The molecule has 0 aromatic carbocycles. The normalized spacial score (nSPS) is 17.9. The molecule has 3 heterocycles. The van der Waals surface area contributed by atoms with Crippen molar-refractivity contribution >= 4 is 0 Å². The van der Waals surface area contributed by atoms with Gasteiger partial charge in [0.2, 0.25) is 0 Å². The quantitative estimate of drug-likeness (QED) is 0.572. The third kappa shape index (κ3) is 3.14. The Labute approximate surface area is 142 Å². The first-order chi connectivity index (χ1) is 11.7. The Morgan fingerprint density at radius 1 is 1.42 bits per heavy atom. The fourth-order valence-corrected chi connectivity index (χ4v) is 3.26. The summed E-state index contributed by atoms with van der Waals surface area (Å²) in [6.45, 7) is 13.4. The molecule has 2 aromatic rings. The van der Waals surface area contributed by atoms with Gasteiger partial charge in [-0.2, -0.15) is 0 Å². The molecule has 1 unspecified atom stereocenters. The molecule has 1 aliphatic heterocycles. The highest BCUT2D eigenvalue weighted by molar-refractivity contribution is 5.24. The molecule has 1 aliphatic rings. The van der Waals surface area contributed by atoms with Crippen LogP contribution in [-0.2, 0) is 24.2 Å². The lowest BCUT2D eigenvalue weighted by atomic mass is 10.0. The van der Waals surface area contributed by atoms with Crippen LogP contribution in [-0.4, -0.2) is 44.8 Å². The van der Waals surface area contributed by atoms with Crippen LogP contribution in [0, 0.1) is 13.8 Å². The molecule has 24 heavy (non-hydrogen) atoms. The molecule has 0 N–H and O–H groups in total. The summed E-state index contributed by atoms with van der Waals surface area (Å²) in [4.78, 5) is 2.38. The lowest BCUT2D eigenvalue weighted by Gasteiger charge is -2.34. The van der Waals surface area contributed by atoms with Gasteiger partial charge in [0.1, 0.15) is 11.5 Å². The summed E-state index contributed by atoms with van der Waals surface area (Å²) >= 11 is 0. The van der Waals surface area contributed by atoms with Gasteiger partial charge in [-0.15, -0.1) is 11.7 Å². The highest BCUT2D eigenvalue weighted by atomic mass is 16.5. The van der Waals surface area contributed by atoms with E-state index in [4.69, 9.17) is 9.26 Å². The molecule has 1 atom stereocenters. The smallest absolute Gasteiger partial charge is 0.138 e. The van der Waals surface area contributed by atoms with E-state index in [9.17, 15) is 0 Å². The van der Waals surface area contributed by atoms with Crippen molar-refractivity contribution in [3.63, 3.8) is 0 Å². The molecule has 0 amide bonds. The van der Waals surface area contributed by atoms with E-state index in [0.29, 0.717) is 13.2 Å². The van der Waals surface area contributed by atoms with Crippen LogP contribution in [0.3, 0.4) is 0 Å². The third-order valence-electron chi connectivity index (χ3n) is 4.61. The van der Waals surface area contributed by atoms with Gasteiger partial charge in [0, 0.05) is 31.6 Å². The molecular weight excluding hydrogens is 306 g/mol. The molecule has 0 fully saturated rings. The first-order valence-electron chi connectivity index (χ1n) is 8.42. The van der Waals surface area contributed by atoms with E-state index in [0.717, 1.165) is 48.8 Å². The Bertz CT molecular complexity index is 686. The minimum Gasteiger partial charge on any atom is -0.375 e. The highest BCUT2D eigenvalue weighted by Gasteiger charge is 2.33. The number of aryl methyl sites for hydroxylation is 3. The first kappa shape index (κ1) is 16.9. The third-order valence-corrected chi connectivity index (χ3v) is 4.61. The van der Waals surface area contributed by atoms with Gasteiger partial charge in [-0.1, -0.05) is 16.4 Å². The number of nitrogens with zero attached hydrogens (tertiary/aromatic N) is 5. The molecule has 0 saturated heterocycles. The van der Waals surface area contributed by atoms with Gasteiger partial charge < -0.3 is 9.26 Å². The fourth-order valence-electron chi connectivity index (χ4n) is 3.26. The van der Waals surface area contributed by atoms with Crippen molar-refractivity contribution in [2.75, 3.05) is 19.8 Å². The van der Waals surface area contributed by atoms with E-state index >= 15 is 0 Å². The monoisotopic (exact) mass is 331 g/mol. The number of fused-ring (bicyclic) bond motifs is 1. The molecule has 0 aliphatic carbocycles. The molecule has 0 saturated carbocycles. The highest BCUT2D eigenvalue weighted by Crippen LogP contribution is 2.30. The maximum atomic E-state index is 5.76. The number of hydrogen-bond acceptors (Lipinski definition) is 6. The number of rotatable bonds is 7. The van der Waals surface area contributed by atoms with Gasteiger partial charge in [0.25, 0.3) is 0 Å². The van der Waals surface area contributed by atoms with Gasteiger partial charge in [-0.05, 0) is 20.8 Å². The zero-order valence-electron chi connectivity index (χ0n) is 14.7. The summed E-state index contributed by atoms with van der Waals surface area (Å²) in [6, 6.07) is 0.0858. The van der Waals surface area contributed by atoms with Gasteiger partial charge in [-0.3, -0.25) is 4.90 Å². The van der Waals surface area contributed by atoms with Gasteiger partial charge in [0.15, 0.2) is 0 Å². The largest absolute Gasteiger partial charge is 0.375 e. The van der Waals surface area contributed by atoms with Crippen LogP contribution in [0.4, 0.5) is 0 Å². The Kier molecular flexibility index (Phi) is 5.11. The van der Waals surface area contributed by atoms with E-state index in [1.165, 1.54) is 5.69 Å². The lowest BCUT2D eigenvalue weighted by Crippen LogP contribution is -2.38. The molecule has 7 heteroatoms. The van der Waals surface area contributed by atoms with Crippen molar-refractivity contribution in [1.29, 1.82) is 0 Å². The minimum atomic E-state index is 0.0858. The van der Waals surface area contributed by atoms with Crippen LogP contribution in [0.5, 0.6) is 0 Å². The predicted molar refractivity (Wildman–Crippen MR) is 89.5 cm³/mol. The molecule has 0 spiro atoms. The zero-order valence-corrected chi connectivity index (χ0v) is 14.7. The first-order valence-corrected chi connectivity index (χ1v) is 8.42. The second kappa shape index (κ2) is 7.27. The second-order valence-corrected chi connectivity index (χ2v) is 6.10. The second-order valence-electron chi connectivity index (χ2n) is 6.10. The number of aromatic nitrogens is 4. The van der Waals surface area contributed by atoms with Crippen molar-refractivity contribution < 1.29 is 9.26 Å². The predicted octanol–water partition coefficient (Wildman–Crippen LogP) is 2.20. The number of hydrogen-bond donors (Lipinski definition) is 0. The van der Waals surface area contributed by atoms with Crippen molar-refractivity contribution in [1.82, 2.24) is 25.1 Å². The Morgan fingerprint density at radius 2 is 2.25 bits per heavy atom. The fraction of sp³-hybridized carbons (Fsp3) is 0.588. The zero-order chi connectivity index (χ0) is 17.1. The Balaban J connectivity index is 1.85. The van der Waals surface area contributed by atoms with Crippen molar-refractivity contribution in [2.24, 2.45) is 0 Å². The average Bonchev–Trinajstić information content (AvgIpc) is 3.14. The molecule has 0 bridgehead atoms. The van der Waals surface area contributed by atoms with E-state index in [2.05, 4.69) is 33.9 Å². The van der Waals surface area contributed by atoms with E-state index in [1.54, 1.807) is 6.08 Å². The maximum absolute atomic E-state index is 5.76. The van der Waals surface area contributed by atoms with Crippen molar-refractivity contribution in [3.8, 4) is 0 Å². The molecule has 0 radical (unpaired) electrons. The van der Waals surface area contributed by atoms with Crippen LogP contribution >= 0.6 is 0 Å². The van der Waals surface area contributed by atoms with Crippen LogP contribution in [0.25, 0.3) is 0 Å². The Morgan fingerprint density at radius 3 is 2.92 bits per heavy atom. The standard InChI is InChI=1S/C17H25N5O2/c1-5-9-23-11-16-17-15(22(6-2)20-18-17)7-8-21(16)10-14-12(3)19-24-13(14)4/h5,16H,1,6-11H2,2-4H3. The summed E-state index contributed by atoms with van der Waals surface area (Å²) in [5, 5.41) is 12.8. The SMILES string of the molecule is C=CCOCC1c2nnn(CC)c2CCN1Cc1c(C)noc1C. The van der Waals surface area contributed by atoms with Crippen LogP contribution in [0.2, 0.25) is 0 Å². The molecule has 7 nitrogen and oxygen atoms in total. The van der Waals surface area contributed by atoms with E-state index in [1.807, 2.05) is 18.5 Å². The maximum Gasteiger partial charge on any atom is 0.138 e. The summed E-state index contributed by atoms with van der Waals surface area (Å²) in [7, 11) is 0. The van der Waals surface area contributed by atoms with Crippen molar-refractivity contribution in [2.45, 2.75) is 46.3 Å². The van der Waals surface area contributed by atoms with E-state index < -0.39 is 0 Å². The summed E-state index contributed by atoms with van der Waals surface area (Å²) in [5.74, 6) is 0.876. The molecule has 130 valence electrons. The average molecular weight is 331 g/mol. The van der Waals surface area contributed by atoms with Crippen LogP contribution < -0.4 is 0 Å². The molecule has 3 rings (SSSR count). The van der Waals surface area contributed by atoms with Gasteiger partial charge >= 0.3 is 0 Å². The molecule has 2 aromatic heterocycles. The Hall–Kier alpha value is -1.99. The summed E-state index contributed by atoms with van der Waals surface area (Å²) in [6.07, 6.45) is 2.71. The van der Waals surface area contributed by atoms with Crippen LogP contribution in [0.15, 0.2) is 17.2 Å². The minimum absolute atomic E-state index is 0.0858. The lowest BCUT2D eigenvalue weighted by molar-refractivity contribution is 0.0595. The summed E-state index contributed by atoms with van der Waals surface area (Å²) < 4.78 is 13.1. The van der Waals surface area contributed by atoms with E-state index in [-0.39, 0.29) is 6.04 Å². The van der Waals surface area contributed by atoms with Gasteiger partial charge in [0.05, 0.1) is 30.6 Å². The van der Waals surface area contributed by atoms with Crippen LogP contribution in [0.1, 0.15) is 41.4 Å². The van der Waals surface area contributed by atoms with Gasteiger partial charge in [-0.25, -0.2) is 4.68 Å². The topological polar surface area (TPSA) is 69.2 Å². The molecular formula is C17H25N5O2. The number of ether oxygens (including phenoxy) is 1.